The summed E-state index contributed by atoms with van der Waals surface area (Å²) in [5.74, 6) is -4.24. The normalized spacial score (nSPS) is 33.3. The molecule has 29 heavy (non-hydrogen) atoms. The molecule has 4 N–H and O–H groups in total. The molecule has 158 valence electrons. The van der Waals surface area contributed by atoms with Crippen molar-refractivity contribution >= 4 is 23.7 Å². The summed E-state index contributed by atoms with van der Waals surface area (Å²) in [7, 11) is -6.49. The van der Waals surface area contributed by atoms with Gasteiger partial charge in [-0.25, -0.2) is 4.79 Å². The number of allylic oxidation sites excluding steroid dienone is 2. The Hall–Kier alpha value is -2.84. The Morgan fingerprint density at radius 3 is 2.93 bits per heavy atom. The summed E-state index contributed by atoms with van der Waals surface area (Å²) in [5, 5.41) is 11.9. The maximum absolute atomic E-state index is 11.7. The third-order valence-electron chi connectivity index (χ3n) is 3.76. The maximum Gasteiger partial charge on any atom is 0.411 e. The van der Waals surface area contributed by atoms with Crippen LogP contribution in [0.15, 0.2) is 42.2 Å². The summed E-state index contributed by atoms with van der Waals surface area (Å²) in [6.07, 6.45) is -8.25. The minimum Gasteiger partial charge on any atom is -0.501 e. The number of carbonyl (C=O) groups excluding carboxylic acids is 1. The average Bonchev–Trinajstić information content (AvgIpc) is 2.82. The zero-order valence-corrected chi connectivity index (χ0v) is 15.3. The summed E-state index contributed by atoms with van der Waals surface area (Å²) >= 11 is 0. The third kappa shape index (κ3) is 6.92. The molecule has 1 aromatic carbocycles. The number of benzene rings is 1. The number of ether oxygens (including phenoxy) is 2. The van der Waals surface area contributed by atoms with Gasteiger partial charge in [0.05, 0.1) is 37.8 Å². The second-order valence-corrected chi connectivity index (χ2v) is 5.74. The van der Waals surface area contributed by atoms with E-state index in [0.29, 0.717) is 6.08 Å². The molecule has 2 amide bonds. The van der Waals surface area contributed by atoms with Crippen molar-refractivity contribution in [3.8, 4) is 0 Å². The molecular weight excluding hydrogens is 374 g/mol. The zero-order chi connectivity index (χ0) is 31.6. The van der Waals surface area contributed by atoms with Crippen LogP contribution in [0.2, 0.25) is 0 Å². The fourth-order valence-electron chi connectivity index (χ4n) is 2.37. The lowest BCUT2D eigenvalue weighted by Crippen LogP contribution is -2.39. The highest BCUT2D eigenvalue weighted by Gasteiger charge is 2.21. The summed E-state index contributed by atoms with van der Waals surface area (Å²) < 4.78 is 105. The highest BCUT2D eigenvalue weighted by molar-refractivity contribution is 5.86. The minimum atomic E-state index is -3.35. The Kier molecular flexibility index (Phi) is 4.18. The van der Waals surface area contributed by atoms with Crippen LogP contribution < -0.4 is 16.0 Å². The van der Waals surface area contributed by atoms with Crippen molar-refractivity contribution in [1.82, 2.24) is 5.32 Å². The van der Waals surface area contributed by atoms with Crippen LogP contribution in [0.25, 0.3) is 6.05 Å². The Bertz CT molecular complexity index is 1200. The van der Waals surface area contributed by atoms with Crippen LogP contribution in [0.3, 0.4) is 0 Å². The van der Waals surface area contributed by atoms with Gasteiger partial charge >= 0.3 is 6.09 Å². The lowest BCUT2D eigenvalue weighted by atomic mass is 9.91. The molecule has 8 nitrogen and oxygen atoms in total. The number of anilines is 1. The highest BCUT2D eigenvalue weighted by atomic mass is 16.5. The second-order valence-electron chi connectivity index (χ2n) is 5.74. The number of hydrogen-bond donors (Lipinski definition) is 3. The van der Waals surface area contributed by atoms with Gasteiger partial charge in [-0.15, -0.1) is 0 Å². The van der Waals surface area contributed by atoms with Crippen molar-refractivity contribution < 1.29 is 40.6 Å². The molecule has 2 unspecified atom stereocenters. The monoisotopic (exact) mass is 415 g/mol. The molecule has 0 saturated carbocycles. The second kappa shape index (κ2) is 11.2. The van der Waals surface area contributed by atoms with Gasteiger partial charge in [-0.05, 0) is 30.1 Å². The molecular formula is C21H29N3O5. The van der Waals surface area contributed by atoms with E-state index >= 15 is 0 Å². The topological polar surface area (TPSA) is 114 Å². The van der Waals surface area contributed by atoms with Gasteiger partial charge in [0.2, 0.25) is 5.91 Å². The van der Waals surface area contributed by atoms with Crippen molar-refractivity contribution in [2.24, 2.45) is 11.6 Å². The van der Waals surface area contributed by atoms with Crippen LogP contribution >= 0.6 is 0 Å². The van der Waals surface area contributed by atoms with E-state index in [0.717, 1.165) is 4.90 Å². The molecule has 1 aliphatic carbocycles. The van der Waals surface area contributed by atoms with Crippen LogP contribution in [0.4, 0.5) is 10.5 Å². The van der Waals surface area contributed by atoms with Crippen molar-refractivity contribution in [2.45, 2.75) is 18.9 Å². The Morgan fingerprint density at radius 1 is 1.48 bits per heavy atom. The number of carbonyl (C=O) groups is 2. The largest absolute Gasteiger partial charge is 0.501 e. The maximum atomic E-state index is 11.7. The van der Waals surface area contributed by atoms with Gasteiger partial charge < -0.3 is 25.6 Å². The number of nitrogens with one attached hydrogen (secondary N) is 1. The van der Waals surface area contributed by atoms with Crippen LogP contribution in [-0.4, -0.2) is 56.9 Å². The Labute approximate surface area is 187 Å². The molecule has 0 aromatic heterocycles. The lowest BCUT2D eigenvalue weighted by molar-refractivity contribution is -0.119. The highest BCUT2D eigenvalue weighted by Crippen LogP contribution is 2.27. The van der Waals surface area contributed by atoms with E-state index in [1.54, 1.807) is 0 Å². The number of nitrogens with two attached hydrogens (primary N) is 1. The number of carboxylic acid groups (broad SMARTS) is 1. The van der Waals surface area contributed by atoms with Gasteiger partial charge in [0.15, 0.2) is 0 Å². The van der Waals surface area contributed by atoms with E-state index in [4.69, 9.17) is 26.9 Å². The van der Waals surface area contributed by atoms with Crippen LogP contribution in [-0.2, 0) is 14.3 Å². The molecule has 0 radical (unpaired) electrons. The molecule has 8 heteroatoms. The SMILES string of the molecule is [2H]/C(=C(/[2H])C1([2H])C=C(OC([2H])([2H])[2H])CC([2H])(OC([2H])([2H])[2H])C1([2H])[2H])c1ccc(N(CCNC(=O)CN)C(=O)O)cc1. The molecule has 0 fully saturated rings. The van der Waals surface area contributed by atoms with E-state index in [9.17, 15) is 14.7 Å². The molecule has 0 heterocycles. The van der Waals surface area contributed by atoms with E-state index in [1.165, 1.54) is 24.3 Å². The minimum absolute atomic E-state index is 0.0544. The van der Waals surface area contributed by atoms with Crippen LogP contribution in [0.1, 0.15) is 34.8 Å². The van der Waals surface area contributed by atoms with Crippen molar-refractivity contribution in [3.05, 3.63) is 47.7 Å². The smallest absolute Gasteiger partial charge is 0.411 e. The predicted octanol–water partition coefficient (Wildman–Crippen LogP) is 2.21. The summed E-state index contributed by atoms with van der Waals surface area (Å²) in [6.45, 7) is -0.495. The average molecular weight is 416 g/mol. The van der Waals surface area contributed by atoms with E-state index in [-0.39, 0.29) is 30.9 Å². The molecule has 1 aromatic rings. The number of rotatable bonds is 9. The fraction of sp³-hybridized carbons (Fsp3) is 0.429. The zero-order valence-electron chi connectivity index (χ0n) is 27.3. The van der Waals surface area contributed by atoms with Crippen LogP contribution in [0, 0.1) is 5.89 Å². The van der Waals surface area contributed by atoms with Gasteiger partial charge in [0, 0.05) is 42.2 Å². The van der Waals surface area contributed by atoms with E-state index in [2.05, 4.69) is 10.1 Å². The van der Waals surface area contributed by atoms with Gasteiger partial charge in [0.25, 0.3) is 0 Å². The molecule has 0 bridgehead atoms. The van der Waals surface area contributed by atoms with E-state index < -0.39 is 68.7 Å². The Morgan fingerprint density at radius 2 is 2.28 bits per heavy atom. The molecule has 0 aliphatic heterocycles. The third-order valence-corrected chi connectivity index (χ3v) is 3.76. The van der Waals surface area contributed by atoms with Gasteiger partial charge in [-0.3, -0.25) is 9.69 Å². The summed E-state index contributed by atoms with van der Waals surface area (Å²) in [4.78, 5) is 23.9. The quantitative estimate of drug-likeness (QED) is 0.570. The van der Waals surface area contributed by atoms with Gasteiger partial charge in [-0.2, -0.15) is 0 Å². The van der Waals surface area contributed by atoms with Crippen molar-refractivity contribution in [2.75, 3.05) is 38.6 Å². The summed E-state index contributed by atoms with van der Waals surface area (Å²) in [6, 6.07) is 3.07. The van der Waals surface area contributed by atoms with E-state index in [1.807, 2.05) is 0 Å². The standard InChI is InChI=1S/C21H29N3O5/c1-28-18-11-16(12-19(13-18)29-2)4-3-15-5-7-17(8-6-15)24(21(26)27)10-9-23-20(25)14-22/h3-8,11,16,19H,9-10,12-14,22H2,1-2H3,(H,23,25)(H,26,27)/b4-3+/i1D3,2D3,3D,4D,12D2,16D,19D. The summed E-state index contributed by atoms with van der Waals surface area (Å²) in [5.41, 5.74) is 5.21. The number of amides is 2. The lowest BCUT2D eigenvalue weighted by Gasteiger charge is -2.25. The molecule has 0 spiro atoms. The first-order valence-corrected chi connectivity index (χ1v) is 8.43. The number of methoxy groups -OCH3 is 2. The first kappa shape index (κ1) is 10.8. The molecule has 0 saturated heterocycles. The predicted molar refractivity (Wildman–Crippen MR) is 112 cm³/mol. The van der Waals surface area contributed by atoms with Gasteiger partial charge in [-0.1, -0.05) is 24.2 Å². The number of hydrogen-bond acceptors (Lipinski definition) is 5. The number of nitrogens with zero attached hydrogens (tertiary/aromatic N) is 1. The van der Waals surface area contributed by atoms with Crippen molar-refractivity contribution in [1.29, 1.82) is 0 Å². The molecule has 1 aliphatic rings. The first-order chi connectivity index (χ1) is 18.6. The Balaban J connectivity index is 2.55. The fourth-order valence-corrected chi connectivity index (χ4v) is 2.37. The first-order valence-electron chi connectivity index (χ1n) is 14.4. The van der Waals surface area contributed by atoms with Gasteiger partial charge in [0.1, 0.15) is 0 Å². The molecule has 2 rings (SSSR count). The molecule has 2 atom stereocenters. The van der Waals surface area contributed by atoms with Crippen molar-refractivity contribution in [3.63, 3.8) is 0 Å². The van der Waals surface area contributed by atoms with Crippen LogP contribution in [0.5, 0.6) is 0 Å².